The number of carboxylic acids is 1. The maximum absolute atomic E-state index is 12.5. The fraction of sp³-hybridized carbons (Fsp3) is 0.0800. The lowest BCUT2D eigenvalue weighted by Crippen LogP contribution is -2.17. The Labute approximate surface area is 189 Å². The monoisotopic (exact) mass is 445 g/mol. The van der Waals surface area contributed by atoms with E-state index in [0.717, 1.165) is 27.7 Å². The molecule has 0 radical (unpaired) electrons. The topological polar surface area (TPSA) is 83.7 Å². The molecule has 1 aromatic heterocycles. The number of hydrogen-bond acceptors (Lipinski definition) is 3. The number of hydrogen-bond donors (Lipinski definition) is 2. The Bertz CT molecular complexity index is 1390. The summed E-state index contributed by atoms with van der Waals surface area (Å²) in [6.07, 6.45) is 1.56. The van der Waals surface area contributed by atoms with Crippen molar-refractivity contribution in [2.24, 2.45) is 5.10 Å². The molecule has 160 valence electrons. The van der Waals surface area contributed by atoms with Crippen molar-refractivity contribution in [1.82, 2.24) is 9.99 Å². The van der Waals surface area contributed by atoms with E-state index in [1.807, 2.05) is 60.9 Å². The maximum Gasteiger partial charge on any atom is 0.335 e. The van der Waals surface area contributed by atoms with E-state index >= 15 is 0 Å². The molecule has 2 N–H and O–H groups in total. The van der Waals surface area contributed by atoms with Crippen molar-refractivity contribution in [1.29, 1.82) is 0 Å². The summed E-state index contributed by atoms with van der Waals surface area (Å²) < 4.78 is 1.86. The third-order valence-electron chi connectivity index (χ3n) is 5.29. The van der Waals surface area contributed by atoms with Gasteiger partial charge in [-0.25, -0.2) is 10.2 Å². The van der Waals surface area contributed by atoms with E-state index in [0.29, 0.717) is 16.3 Å². The molecule has 0 aliphatic heterocycles. The highest BCUT2D eigenvalue weighted by Gasteiger charge is 2.15. The van der Waals surface area contributed by atoms with Crippen molar-refractivity contribution in [3.63, 3.8) is 0 Å². The molecule has 0 saturated heterocycles. The van der Waals surface area contributed by atoms with E-state index in [4.69, 9.17) is 11.6 Å². The van der Waals surface area contributed by atoms with Crippen LogP contribution in [0.25, 0.3) is 16.5 Å². The SMILES string of the molecule is Cc1cc(/C=N/NC(=O)c2ccc3ccccc3c2)c(C)n1-c1cc(C(=O)O)ccc1Cl. The first-order chi connectivity index (χ1) is 15.3. The molecule has 0 aliphatic rings. The van der Waals surface area contributed by atoms with Gasteiger partial charge in [0, 0.05) is 22.5 Å². The lowest BCUT2D eigenvalue weighted by molar-refractivity contribution is 0.0696. The fourth-order valence-corrected chi connectivity index (χ4v) is 3.86. The van der Waals surface area contributed by atoms with Gasteiger partial charge in [0.25, 0.3) is 5.91 Å². The number of aryl methyl sites for hydroxylation is 1. The highest BCUT2D eigenvalue weighted by Crippen LogP contribution is 2.27. The molecular formula is C25H20ClN3O3. The van der Waals surface area contributed by atoms with Crippen LogP contribution in [-0.4, -0.2) is 27.8 Å². The summed E-state index contributed by atoms with van der Waals surface area (Å²) in [5, 5.41) is 15.9. The second kappa shape index (κ2) is 8.69. The Kier molecular flexibility index (Phi) is 5.79. The number of halogens is 1. The Morgan fingerprint density at radius 2 is 1.69 bits per heavy atom. The van der Waals surface area contributed by atoms with Crippen molar-refractivity contribution >= 4 is 40.5 Å². The standard InChI is InChI=1S/C25H20ClN3O3/c1-15-11-21(16(2)29(15)23-13-20(25(31)32)9-10-22(23)26)14-27-28-24(30)19-8-7-17-5-3-4-6-18(17)12-19/h3-14H,1-2H3,(H,28,30)(H,31,32)/b27-14+. The minimum absolute atomic E-state index is 0.148. The summed E-state index contributed by atoms with van der Waals surface area (Å²) in [6.45, 7) is 3.77. The van der Waals surface area contributed by atoms with Crippen molar-refractivity contribution in [2.45, 2.75) is 13.8 Å². The molecule has 1 heterocycles. The van der Waals surface area contributed by atoms with E-state index in [1.54, 1.807) is 18.3 Å². The van der Waals surface area contributed by atoms with Gasteiger partial charge in [-0.15, -0.1) is 0 Å². The molecule has 3 aromatic carbocycles. The third-order valence-corrected chi connectivity index (χ3v) is 5.61. The largest absolute Gasteiger partial charge is 0.478 e. The molecule has 0 atom stereocenters. The molecule has 0 fully saturated rings. The minimum atomic E-state index is -1.02. The zero-order valence-electron chi connectivity index (χ0n) is 17.5. The van der Waals surface area contributed by atoms with Crippen LogP contribution in [-0.2, 0) is 0 Å². The van der Waals surface area contributed by atoms with Gasteiger partial charge in [0.15, 0.2) is 0 Å². The van der Waals surface area contributed by atoms with Crippen LogP contribution in [0, 0.1) is 13.8 Å². The van der Waals surface area contributed by atoms with E-state index in [2.05, 4.69) is 10.5 Å². The van der Waals surface area contributed by atoms with Gasteiger partial charge in [-0.2, -0.15) is 5.10 Å². The van der Waals surface area contributed by atoms with E-state index in [9.17, 15) is 14.7 Å². The first-order valence-corrected chi connectivity index (χ1v) is 10.3. The first kappa shape index (κ1) is 21.3. The van der Waals surface area contributed by atoms with Gasteiger partial charge < -0.3 is 9.67 Å². The number of hydrazone groups is 1. The molecule has 0 saturated carbocycles. The predicted molar refractivity (Wildman–Crippen MR) is 126 cm³/mol. The number of benzene rings is 3. The van der Waals surface area contributed by atoms with Crippen LogP contribution in [0.15, 0.2) is 71.8 Å². The van der Waals surface area contributed by atoms with Gasteiger partial charge in [0.1, 0.15) is 0 Å². The Hall–Kier alpha value is -3.90. The lowest BCUT2D eigenvalue weighted by Gasteiger charge is -2.12. The van der Waals surface area contributed by atoms with Gasteiger partial charge in [0.2, 0.25) is 0 Å². The van der Waals surface area contributed by atoms with Crippen LogP contribution in [0.4, 0.5) is 0 Å². The molecule has 6 nitrogen and oxygen atoms in total. The number of nitrogens with zero attached hydrogens (tertiary/aromatic N) is 2. The first-order valence-electron chi connectivity index (χ1n) is 9.89. The number of nitrogens with one attached hydrogen (secondary N) is 1. The Balaban J connectivity index is 1.57. The van der Waals surface area contributed by atoms with Crippen LogP contribution >= 0.6 is 11.6 Å². The third kappa shape index (κ3) is 4.13. The number of aromatic carboxylic acids is 1. The van der Waals surface area contributed by atoms with E-state index in [-0.39, 0.29) is 11.5 Å². The lowest BCUT2D eigenvalue weighted by atomic mass is 10.1. The predicted octanol–water partition coefficient (Wildman–Crippen LogP) is 5.36. The fourth-order valence-electron chi connectivity index (χ4n) is 3.66. The number of carbonyl (C=O) groups is 2. The second-order valence-corrected chi connectivity index (χ2v) is 7.80. The van der Waals surface area contributed by atoms with Crippen LogP contribution in [0.3, 0.4) is 0 Å². The summed E-state index contributed by atoms with van der Waals surface area (Å²) in [6, 6.07) is 19.8. The summed E-state index contributed by atoms with van der Waals surface area (Å²) in [4.78, 5) is 23.9. The summed E-state index contributed by atoms with van der Waals surface area (Å²) in [7, 11) is 0. The maximum atomic E-state index is 12.5. The van der Waals surface area contributed by atoms with E-state index in [1.165, 1.54) is 12.1 Å². The van der Waals surface area contributed by atoms with Crippen molar-refractivity contribution < 1.29 is 14.7 Å². The molecule has 0 spiro atoms. The van der Waals surface area contributed by atoms with Crippen molar-refractivity contribution in [2.75, 3.05) is 0 Å². The molecule has 4 aromatic rings. The van der Waals surface area contributed by atoms with Crippen LogP contribution < -0.4 is 5.43 Å². The number of aromatic nitrogens is 1. The highest BCUT2D eigenvalue weighted by atomic mass is 35.5. The molecule has 32 heavy (non-hydrogen) atoms. The summed E-state index contributed by atoms with van der Waals surface area (Å²) >= 11 is 6.34. The smallest absolute Gasteiger partial charge is 0.335 e. The molecule has 0 bridgehead atoms. The molecule has 7 heteroatoms. The Morgan fingerprint density at radius 1 is 0.969 bits per heavy atom. The van der Waals surface area contributed by atoms with Gasteiger partial charge in [0.05, 0.1) is 22.5 Å². The molecule has 1 amide bonds. The highest BCUT2D eigenvalue weighted by molar-refractivity contribution is 6.32. The molecular weight excluding hydrogens is 426 g/mol. The molecule has 0 aliphatic carbocycles. The van der Waals surface area contributed by atoms with Gasteiger partial charge in [-0.1, -0.05) is 41.9 Å². The average Bonchev–Trinajstić information content (AvgIpc) is 3.06. The number of fused-ring (bicyclic) bond motifs is 1. The number of rotatable bonds is 5. The number of amides is 1. The van der Waals surface area contributed by atoms with Crippen LogP contribution in [0.2, 0.25) is 5.02 Å². The van der Waals surface area contributed by atoms with Crippen molar-refractivity contribution in [3.05, 3.63) is 99.8 Å². The van der Waals surface area contributed by atoms with E-state index < -0.39 is 5.97 Å². The zero-order chi connectivity index (χ0) is 22.8. The van der Waals surface area contributed by atoms with Crippen LogP contribution in [0.5, 0.6) is 0 Å². The molecule has 0 unspecified atom stereocenters. The van der Waals surface area contributed by atoms with Crippen LogP contribution in [0.1, 0.15) is 37.7 Å². The summed E-state index contributed by atoms with van der Waals surface area (Å²) in [5.74, 6) is -1.33. The van der Waals surface area contributed by atoms with Gasteiger partial charge >= 0.3 is 5.97 Å². The van der Waals surface area contributed by atoms with Crippen molar-refractivity contribution in [3.8, 4) is 5.69 Å². The van der Waals surface area contributed by atoms with Gasteiger partial charge in [-0.05, 0) is 61.0 Å². The number of carbonyl (C=O) groups excluding carboxylic acids is 1. The zero-order valence-corrected chi connectivity index (χ0v) is 18.2. The molecule has 4 rings (SSSR count). The number of carboxylic acid groups (broad SMARTS) is 1. The van der Waals surface area contributed by atoms with Gasteiger partial charge in [-0.3, -0.25) is 4.79 Å². The average molecular weight is 446 g/mol. The normalized spacial score (nSPS) is 11.2. The summed E-state index contributed by atoms with van der Waals surface area (Å²) in [5.41, 5.74) is 6.24. The minimum Gasteiger partial charge on any atom is -0.478 e. The quantitative estimate of drug-likeness (QED) is 0.320. The second-order valence-electron chi connectivity index (χ2n) is 7.39. The Morgan fingerprint density at radius 3 is 2.44 bits per heavy atom.